The topological polar surface area (TPSA) is 16.6 Å². The van der Waals surface area contributed by atoms with Crippen molar-refractivity contribution < 1.29 is 17.7 Å². The molecule has 72 valence electrons. The number of halogens is 2. The second kappa shape index (κ2) is 5.25. The molecule has 0 aliphatic carbocycles. The quantitative estimate of drug-likeness (QED) is 0.697. The Morgan fingerprint density at radius 3 is 2.31 bits per heavy atom. The molecule has 2 rings (SSSR count). The van der Waals surface area contributed by atoms with Crippen LogP contribution >= 0.6 is 27.7 Å². The Labute approximate surface area is 97.2 Å². The average Bonchev–Trinajstić information content (AvgIpc) is 2.00. The van der Waals surface area contributed by atoms with Crippen LogP contribution in [0.5, 0.6) is 0 Å². The van der Waals surface area contributed by atoms with E-state index in [4.69, 9.17) is 0 Å². The molecule has 2 N–H and O–H groups in total. The van der Waals surface area contributed by atoms with Crippen molar-refractivity contribution in [3.63, 3.8) is 0 Å². The summed E-state index contributed by atoms with van der Waals surface area (Å²) in [6.45, 7) is 2.56. The van der Waals surface area contributed by atoms with Crippen molar-refractivity contribution in [3.05, 3.63) is 28.7 Å². The van der Waals surface area contributed by atoms with Gasteiger partial charge in [-0.15, -0.1) is 11.8 Å². The molecule has 4 heteroatoms. The summed E-state index contributed by atoms with van der Waals surface area (Å²) in [5.74, 6) is 0. The first kappa shape index (κ1) is 11.4. The zero-order valence-electron chi connectivity index (χ0n) is 7.04. The summed E-state index contributed by atoms with van der Waals surface area (Å²) in [5, 5.41) is 3.18. The van der Waals surface area contributed by atoms with Gasteiger partial charge in [0.25, 0.3) is 0 Å². The second-order valence-electron chi connectivity index (χ2n) is 2.95. The zero-order chi connectivity index (χ0) is 8.39. The van der Waals surface area contributed by atoms with Crippen molar-refractivity contribution in [2.24, 2.45) is 0 Å². The molecule has 1 aliphatic rings. The van der Waals surface area contributed by atoms with Crippen LogP contribution in [-0.4, -0.2) is 18.3 Å². The zero-order valence-corrected chi connectivity index (χ0v) is 10.2. The third kappa shape index (κ3) is 3.17. The van der Waals surface area contributed by atoms with Gasteiger partial charge in [0.1, 0.15) is 5.25 Å². The fourth-order valence-electron chi connectivity index (χ4n) is 1.10. The van der Waals surface area contributed by atoms with Gasteiger partial charge >= 0.3 is 0 Å². The van der Waals surface area contributed by atoms with Crippen molar-refractivity contribution in [3.8, 4) is 0 Å². The third-order valence-electron chi connectivity index (χ3n) is 1.98. The van der Waals surface area contributed by atoms with Crippen LogP contribution in [0.15, 0.2) is 33.6 Å². The molecule has 0 amide bonds. The van der Waals surface area contributed by atoms with Gasteiger partial charge in [0, 0.05) is 9.37 Å². The highest BCUT2D eigenvalue weighted by molar-refractivity contribution is 9.10. The maximum atomic E-state index is 3.43. The first-order chi connectivity index (χ1) is 5.84. The van der Waals surface area contributed by atoms with E-state index in [0.717, 1.165) is 9.72 Å². The predicted octanol–water partition coefficient (Wildman–Crippen LogP) is -1.51. The molecule has 0 spiro atoms. The number of quaternary nitrogens is 1. The predicted molar refractivity (Wildman–Crippen MR) is 55.4 cm³/mol. The molecule has 1 aromatic carbocycles. The molecule has 1 heterocycles. The van der Waals surface area contributed by atoms with Crippen molar-refractivity contribution in [1.29, 1.82) is 0 Å². The molecule has 1 saturated heterocycles. The minimum Gasteiger partial charge on any atom is -1.00 e. The van der Waals surface area contributed by atoms with E-state index in [-0.39, 0.29) is 12.4 Å². The molecule has 1 fully saturated rings. The van der Waals surface area contributed by atoms with Crippen LogP contribution in [-0.2, 0) is 0 Å². The Kier molecular flexibility index (Phi) is 4.59. The normalized spacial score (nSPS) is 16.1. The van der Waals surface area contributed by atoms with E-state index in [1.807, 2.05) is 11.8 Å². The molecule has 1 aliphatic heterocycles. The van der Waals surface area contributed by atoms with E-state index in [0.29, 0.717) is 0 Å². The van der Waals surface area contributed by atoms with Gasteiger partial charge in [-0.2, -0.15) is 0 Å². The van der Waals surface area contributed by atoms with Gasteiger partial charge in [0.05, 0.1) is 13.1 Å². The van der Waals surface area contributed by atoms with E-state index in [1.165, 1.54) is 18.0 Å². The van der Waals surface area contributed by atoms with E-state index >= 15 is 0 Å². The molecule has 0 aromatic heterocycles. The maximum Gasteiger partial charge on any atom is 0.107 e. The molecule has 0 bridgehead atoms. The van der Waals surface area contributed by atoms with Gasteiger partial charge in [-0.3, -0.25) is 0 Å². The summed E-state index contributed by atoms with van der Waals surface area (Å²) >= 11 is 5.41. The standard InChI is InChI=1S/C9H10BrNS.ClH/c10-7-1-3-8(4-2-7)12-9-5-11-6-9;/h1-4,9,11H,5-6H2;1H. The number of benzene rings is 1. The fourth-order valence-corrected chi connectivity index (χ4v) is 2.51. The summed E-state index contributed by atoms with van der Waals surface area (Å²) in [4.78, 5) is 1.39. The van der Waals surface area contributed by atoms with Crippen LogP contribution < -0.4 is 17.7 Å². The highest BCUT2D eigenvalue weighted by Crippen LogP contribution is 2.24. The van der Waals surface area contributed by atoms with E-state index < -0.39 is 0 Å². The second-order valence-corrected chi connectivity index (χ2v) is 5.24. The minimum absolute atomic E-state index is 0. The summed E-state index contributed by atoms with van der Waals surface area (Å²) in [5.41, 5.74) is 0. The molecule has 0 radical (unpaired) electrons. The average molecular weight is 281 g/mol. The van der Waals surface area contributed by atoms with Crippen LogP contribution in [0.3, 0.4) is 0 Å². The SMILES string of the molecule is Brc1ccc(SC2C[NH2+]C2)cc1.[Cl-]. The van der Waals surface area contributed by atoms with E-state index in [1.54, 1.807) is 0 Å². The van der Waals surface area contributed by atoms with Crippen LogP contribution in [0.4, 0.5) is 0 Å². The maximum absolute atomic E-state index is 3.43. The van der Waals surface area contributed by atoms with Gasteiger partial charge in [-0.05, 0) is 24.3 Å². The van der Waals surface area contributed by atoms with Crippen molar-refractivity contribution in [2.45, 2.75) is 10.1 Å². The molecular formula is C9H11BrClNS. The minimum atomic E-state index is 0. The highest BCUT2D eigenvalue weighted by atomic mass is 79.9. The van der Waals surface area contributed by atoms with Gasteiger partial charge < -0.3 is 17.7 Å². The number of hydrogen-bond donors (Lipinski definition) is 1. The van der Waals surface area contributed by atoms with Gasteiger partial charge in [-0.25, -0.2) is 0 Å². The molecular weight excluding hydrogens is 270 g/mol. The van der Waals surface area contributed by atoms with E-state index in [9.17, 15) is 0 Å². The molecule has 0 atom stereocenters. The Morgan fingerprint density at radius 1 is 1.23 bits per heavy atom. The lowest BCUT2D eigenvalue weighted by Gasteiger charge is -2.21. The smallest absolute Gasteiger partial charge is 0.107 e. The highest BCUT2D eigenvalue weighted by Gasteiger charge is 2.22. The lowest BCUT2D eigenvalue weighted by Crippen LogP contribution is -3.00. The summed E-state index contributed by atoms with van der Waals surface area (Å²) < 4.78 is 1.16. The van der Waals surface area contributed by atoms with Crippen LogP contribution in [0.1, 0.15) is 0 Å². The third-order valence-corrected chi connectivity index (χ3v) is 3.77. The van der Waals surface area contributed by atoms with E-state index in [2.05, 4.69) is 45.5 Å². The Hall–Kier alpha value is 0.300. The number of nitrogens with two attached hydrogens (primary N) is 1. The lowest BCUT2D eigenvalue weighted by atomic mass is 10.3. The summed E-state index contributed by atoms with van der Waals surface area (Å²) in [7, 11) is 0. The molecule has 0 unspecified atom stereocenters. The lowest BCUT2D eigenvalue weighted by molar-refractivity contribution is -0.701. The van der Waals surface area contributed by atoms with Crippen molar-refractivity contribution in [1.82, 2.24) is 0 Å². The first-order valence-corrected chi connectivity index (χ1v) is 5.76. The molecule has 1 nitrogen and oxygen atoms in total. The molecule has 13 heavy (non-hydrogen) atoms. The molecule has 0 saturated carbocycles. The number of hydrogen-bond acceptors (Lipinski definition) is 1. The molecule has 1 aromatic rings. The van der Waals surface area contributed by atoms with Crippen molar-refractivity contribution >= 4 is 27.7 Å². The van der Waals surface area contributed by atoms with Crippen molar-refractivity contribution in [2.75, 3.05) is 13.1 Å². The Bertz CT molecular complexity index is 261. The first-order valence-electron chi connectivity index (χ1n) is 4.08. The Morgan fingerprint density at radius 2 is 1.85 bits per heavy atom. The number of rotatable bonds is 2. The van der Waals surface area contributed by atoms with Gasteiger partial charge in [0.15, 0.2) is 0 Å². The van der Waals surface area contributed by atoms with Crippen LogP contribution in [0.2, 0.25) is 0 Å². The van der Waals surface area contributed by atoms with Gasteiger partial charge in [0.2, 0.25) is 0 Å². The summed E-state index contributed by atoms with van der Waals surface area (Å²) in [6, 6.07) is 8.55. The van der Waals surface area contributed by atoms with Crippen LogP contribution in [0, 0.1) is 0 Å². The summed E-state index contributed by atoms with van der Waals surface area (Å²) in [6.07, 6.45) is 0. The van der Waals surface area contributed by atoms with Gasteiger partial charge in [-0.1, -0.05) is 15.9 Å². The largest absolute Gasteiger partial charge is 1.00 e. The van der Waals surface area contributed by atoms with Crippen LogP contribution in [0.25, 0.3) is 0 Å². The fraction of sp³-hybridized carbons (Fsp3) is 0.333. The Balaban J connectivity index is 0.000000845. The number of thioether (sulfide) groups is 1. The monoisotopic (exact) mass is 279 g/mol.